The molecule has 0 aromatic rings. The molecular weight excluding hydrogens is 827 g/mol. The third-order valence-corrected chi connectivity index (χ3v) is 14.7. The second kappa shape index (κ2) is 57.4. The molecule has 0 heterocycles. The molecule has 2 atom stereocenters. The lowest BCUT2D eigenvalue weighted by atomic mass is 10.0. The van der Waals surface area contributed by atoms with Gasteiger partial charge in [-0.05, 0) is 25.7 Å². The monoisotopic (exact) mass is 948 g/mol. The van der Waals surface area contributed by atoms with Crippen LogP contribution in [0.4, 0.5) is 0 Å². The van der Waals surface area contributed by atoms with Crippen LogP contribution in [0.25, 0.3) is 0 Å². The van der Waals surface area contributed by atoms with Gasteiger partial charge in [0.1, 0.15) is 0 Å². The van der Waals surface area contributed by atoms with Crippen LogP contribution in [0.2, 0.25) is 0 Å². The summed E-state index contributed by atoms with van der Waals surface area (Å²) in [6.07, 6.45) is 67.0. The fourth-order valence-electron chi connectivity index (χ4n) is 9.94. The van der Waals surface area contributed by atoms with Crippen LogP contribution in [0.1, 0.15) is 354 Å². The Morgan fingerprint density at radius 2 is 0.612 bits per heavy atom. The second-order valence-electron chi connectivity index (χ2n) is 21.4. The number of hydrogen-bond acceptors (Lipinski definition) is 5. The van der Waals surface area contributed by atoms with Gasteiger partial charge in [-0.3, -0.25) is 9.59 Å². The standard InChI is InChI=1S/C61H121NO5/c1-3-5-7-9-11-13-14-15-16-29-32-35-39-43-47-51-55-61(66)67-56-52-48-44-40-36-33-30-27-25-23-21-19-17-18-20-22-24-26-28-31-34-38-42-46-50-54-60(65)62-58(57-63)59(64)53-49-45-41-37-12-10-8-6-4-2/h58-59,63-64H,3-57H2,1-2H3,(H,62,65). The fraction of sp³-hybridized carbons (Fsp3) is 0.967. The number of carbonyl (C=O) groups excluding carboxylic acids is 2. The van der Waals surface area contributed by atoms with Crippen molar-refractivity contribution >= 4 is 11.9 Å². The van der Waals surface area contributed by atoms with Crippen molar-refractivity contribution in [1.82, 2.24) is 5.32 Å². The highest BCUT2D eigenvalue weighted by Gasteiger charge is 2.20. The predicted octanol–water partition coefficient (Wildman–Crippen LogP) is 19.1. The summed E-state index contributed by atoms with van der Waals surface area (Å²) in [6.45, 7) is 4.96. The van der Waals surface area contributed by atoms with E-state index in [2.05, 4.69) is 19.2 Å². The number of aliphatic hydroxyl groups is 2. The average Bonchev–Trinajstić information content (AvgIpc) is 3.33. The molecule has 0 saturated heterocycles. The second-order valence-corrected chi connectivity index (χ2v) is 21.4. The van der Waals surface area contributed by atoms with Gasteiger partial charge in [-0.2, -0.15) is 0 Å². The highest BCUT2D eigenvalue weighted by atomic mass is 16.5. The first-order valence-electron chi connectivity index (χ1n) is 30.8. The van der Waals surface area contributed by atoms with Crippen LogP contribution in [0.15, 0.2) is 0 Å². The molecule has 6 nitrogen and oxygen atoms in total. The summed E-state index contributed by atoms with van der Waals surface area (Å²) in [4.78, 5) is 24.5. The van der Waals surface area contributed by atoms with Gasteiger partial charge in [0.2, 0.25) is 5.91 Å². The van der Waals surface area contributed by atoms with Crippen molar-refractivity contribution in [1.29, 1.82) is 0 Å². The Kier molecular flexibility index (Phi) is 56.5. The number of unbranched alkanes of at least 4 members (excludes halogenated alkanes) is 47. The fourth-order valence-corrected chi connectivity index (χ4v) is 9.94. The zero-order valence-corrected chi connectivity index (χ0v) is 45.7. The molecule has 0 saturated carbocycles. The van der Waals surface area contributed by atoms with E-state index in [1.54, 1.807) is 0 Å². The highest BCUT2D eigenvalue weighted by molar-refractivity contribution is 5.76. The minimum absolute atomic E-state index is 0.0206. The maximum absolute atomic E-state index is 12.4. The topological polar surface area (TPSA) is 95.9 Å². The van der Waals surface area contributed by atoms with Gasteiger partial charge in [0.25, 0.3) is 0 Å². The van der Waals surface area contributed by atoms with Gasteiger partial charge in [-0.25, -0.2) is 0 Å². The molecule has 0 aliphatic heterocycles. The summed E-state index contributed by atoms with van der Waals surface area (Å²) in [6, 6.07) is -0.536. The summed E-state index contributed by atoms with van der Waals surface area (Å²) in [7, 11) is 0. The van der Waals surface area contributed by atoms with E-state index in [9.17, 15) is 19.8 Å². The van der Waals surface area contributed by atoms with Gasteiger partial charge >= 0.3 is 5.97 Å². The third kappa shape index (κ3) is 54.0. The van der Waals surface area contributed by atoms with Crippen LogP contribution in [-0.2, 0) is 14.3 Å². The molecule has 0 aromatic heterocycles. The largest absolute Gasteiger partial charge is 0.466 e. The van der Waals surface area contributed by atoms with Crippen LogP contribution >= 0.6 is 0 Å². The van der Waals surface area contributed by atoms with Crippen molar-refractivity contribution in [2.24, 2.45) is 0 Å². The van der Waals surface area contributed by atoms with Crippen molar-refractivity contribution in [2.75, 3.05) is 13.2 Å². The van der Waals surface area contributed by atoms with Crippen LogP contribution in [0, 0.1) is 0 Å². The number of nitrogens with one attached hydrogen (secondary N) is 1. The SMILES string of the molecule is CCCCCCCCCCCCCCCCCCC(=O)OCCCCCCCCCCCCCCCCCCCCCCCCCCCC(=O)NC(CO)C(O)CCCCCCCCCCC. The Labute approximate surface area is 419 Å². The van der Waals surface area contributed by atoms with E-state index in [1.807, 2.05) is 0 Å². The zero-order chi connectivity index (χ0) is 48.6. The Morgan fingerprint density at radius 3 is 0.910 bits per heavy atom. The van der Waals surface area contributed by atoms with E-state index < -0.39 is 12.1 Å². The normalized spacial score (nSPS) is 12.5. The molecule has 0 radical (unpaired) electrons. The van der Waals surface area contributed by atoms with Crippen LogP contribution in [0.3, 0.4) is 0 Å². The van der Waals surface area contributed by atoms with Gasteiger partial charge in [-0.1, -0.05) is 316 Å². The smallest absolute Gasteiger partial charge is 0.305 e. The maximum Gasteiger partial charge on any atom is 0.305 e. The molecule has 0 bridgehead atoms. The van der Waals surface area contributed by atoms with Gasteiger partial charge in [0.15, 0.2) is 0 Å². The number of rotatable bonds is 58. The molecule has 400 valence electrons. The summed E-state index contributed by atoms with van der Waals surface area (Å²) in [5.41, 5.74) is 0. The number of carbonyl (C=O) groups is 2. The van der Waals surface area contributed by atoms with Crippen molar-refractivity contribution < 1.29 is 24.5 Å². The number of aliphatic hydroxyl groups excluding tert-OH is 2. The van der Waals surface area contributed by atoms with Crippen molar-refractivity contribution in [3.05, 3.63) is 0 Å². The molecule has 0 spiro atoms. The molecule has 2 unspecified atom stereocenters. The minimum atomic E-state index is -0.659. The van der Waals surface area contributed by atoms with Crippen LogP contribution in [0.5, 0.6) is 0 Å². The first kappa shape index (κ1) is 65.9. The van der Waals surface area contributed by atoms with Crippen LogP contribution < -0.4 is 5.32 Å². The molecule has 0 aliphatic rings. The molecule has 0 aliphatic carbocycles. The number of hydrogen-bond donors (Lipinski definition) is 3. The zero-order valence-electron chi connectivity index (χ0n) is 45.7. The predicted molar refractivity (Wildman–Crippen MR) is 292 cm³/mol. The average molecular weight is 949 g/mol. The number of esters is 1. The lowest BCUT2D eigenvalue weighted by molar-refractivity contribution is -0.143. The molecule has 1 amide bonds. The van der Waals surface area contributed by atoms with E-state index >= 15 is 0 Å². The minimum Gasteiger partial charge on any atom is -0.466 e. The number of ether oxygens (including phenoxy) is 1. The Bertz CT molecular complexity index is 959. The summed E-state index contributed by atoms with van der Waals surface area (Å²) < 4.78 is 5.50. The van der Waals surface area contributed by atoms with Crippen molar-refractivity contribution in [3.8, 4) is 0 Å². The summed E-state index contributed by atoms with van der Waals surface area (Å²) in [5, 5.41) is 23.1. The van der Waals surface area contributed by atoms with E-state index in [-0.39, 0.29) is 18.5 Å². The quantitative estimate of drug-likeness (QED) is 0.0417. The molecule has 0 rings (SSSR count). The maximum atomic E-state index is 12.4. The first-order valence-corrected chi connectivity index (χ1v) is 30.8. The van der Waals surface area contributed by atoms with Crippen molar-refractivity contribution in [3.63, 3.8) is 0 Å². The first-order chi connectivity index (χ1) is 33.0. The highest BCUT2D eigenvalue weighted by Crippen LogP contribution is 2.18. The lowest BCUT2D eigenvalue weighted by Gasteiger charge is -2.22. The third-order valence-electron chi connectivity index (χ3n) is 14.7. The van der Waals surface area contributed by atoms with Crippen LogP contribution in [-0.4, -0.2) is 47.4 Å². The van der Waals surface area contributed by atoms with E-state index in [4.69, 9.17) is 4.74 Å². The van der Waals surface area contributed by atoms with Gasteiger partial charge in [0.05, 0.1) is 25.4 Å². The molecule has 67 heavy (non-hydrogen) atoms. The van der Waals surface area contributed by atoms with Crippen molar-refractivity contribution in [2.45, 2.75) is 366 Å². The van der Waals surface area contributed by atoms with E-state index in [0.717, 1.165) is 38.5 Å². The molecule has 3 N–H and O–H groups in total. The molecule has 6 heteroatoms. The Morgan fingerprint density at radius 1 is 0.358 bits per heavy atom. The number of amides is 1. The molecule has 0 fully saturated rings. The van der Waals surface area contributed by atoms with Gasteiger partial charge < -0.3 is 20.3 Å². The Balaban J connectivity index is 3.30. The van der Waals surface area contributed by atoms with Gasteiger partial charge in [0, 0.05) is 12.8 Å². The molecular formula is C61H121NO5. The molecule has 0 aromatic carbocycles. The summed E-state index contributed by atoms with van der Waals surface area (Å²) >= 11 is 0. The van der Waals surface area contributed by atoms with Gasteiger partial charge in [-0.15, -0.1) is 0 Å². The summed E-state index contributed by atoms with van der Waals surface area (Å²) in [5.74, 6) is -0.0132. The Hall–Kier alpha value is -1.14. The van der Waals surface area contributed by atoms with E-state index in [1.165, 1.54) is 283 Å². The lowest BCUT2D eigenvalue weighted by Crippen LogP contribution is -2.45. The van der Waals surface area contributed by atoms with E-state index in [0.29, 0.717) is 25.9 Å².